The largest absolute Gasteiger partial charge is 0.278 e. The normalized spacial score (nSPS) is 11.1. The molecule has 0 aliphatic rings. The number of halogens is 1. The zero-order valence-electron chi connectivity index (χ0n) is 8.67. The highest BCUT2D eigenvalue weighted by Gasteiger charge is 2.13. The van der Waals surface area contributed by atoms with E-state index >= 15 is 0 Å². The number of sulfonamides is 1. The maximum absolute atomic E-state index is 11.9. The average molecular weight is 313 g/mol. The van der Waals surface area contributed by atoms with Crippen molar-refractivity contribution in [1.82, 2.24) is 4.98 Å². The van der Waals surface area contributed by atoms with E-state index in [1.165, 1.54) is 18.3 Å². The minimum atomic E-state index is -3.53. The summed E-state index contributed by atoms with van der Waals surface area (Å²) >= 11 is 3.18. The van der Waals surface area contributed by atoms with Gasteiger partial charge in [0.25, 0.3) is 10.0 Å². The molecule has 2 aromatic rings. The summed E-state index contributed by atoms with van der Waals surface area (Å²) in [5, 5.41) is 0. The number of nitrogens with one attached hydrogen (secondary N) is 1. The van der Waals surface area contributed by atoms with Crippen LogP contribution in [0.5, 0.6) is 0 Å². The molecule has 0 spiro atoms. The van der Waals surface area contributed by atoms with Gasteiger partial charge in [0.05, 0.1) is 16.8 Å². The van der Waals surface area contributed by atoms with E-state index in [1.807, 2.05) is 0 Å². The van der Waals surface area contributed by atoms with Crippen LogP contribution in [0.1, 0.15) is 0 Å². The van der Waals surface area contributed by atoms with Crippen LogP contribution in [0.25, 0.3) is 0 Å². The van der Waals surface area contributed by atoms with Gasteiger partial charge in [-0.1, -0.05) is 18.2 Å². The predicted octanol–water partition coefficient (Wildman–Crippen LogP) is 2.64. The van der Waals surface area contributed by atoms with Crippen molar-refractivity contribution < 1.29 is 8.42 Å². The Hall–Kier alpha value is -1.40. The Morgan fingerprint density at radius 1 is 1.06 bits per heavy atom. The minimum absolute atomic E-state index is 0.225. The Bertz CT molecular complexity index is 597. The molecule has 1 N–H and O–H groups in total. The van der Waals surface area contributed by atoms with E-state index < -0.39 is 10.0 Å². The van der Waals surface area contributed by atoms with Crippen LogP contribution in [0.4, 0.5) is 5.69 Å². The predicted molar refractivity (Wildman–Crippen MR) is 69.2 cm³/mol. The van der Waals surface area contributed by atoms with Gasteiger partial charge in [0.1, 0.15) is 4.60 Å². The summed E-state index contributed by atoms with van der Waals surface area (Å²) in [6.07, 6.45) is 1.45. The Kier molecular flexibility index (Phi) is 3.44. The molecule has 1 heterocycles. The van der Waals surface area contributed by atoms with E-state index in [9.17, 15) is 8.42 Å². The van der Waals surface area contributed by atoms with Crippen LogP contribution in [-0.2, 0) is 10.0 Å². The molecule has 0 bridgehead atoms. The van der Waals surface area contributed by atoms with Crippen molar-refractivity contribution in [3.05, 3.63) is 53.3 Å². The summed E-state index contributed by atoms with van der Waals surface area (Å²) in [5.41, 5.74) is 0.428. The molecule has 0 saturated heterocycles. The lowest BCUT2D eigenvalue weighted by Crippen LogP contribution is -2.12. The first-order valence-electron chi connectivity index (χ1n) is 4.77. The fourth-order valence-electron chi connectivity index (χ4n) is 1.25. The highest BCUT2D eigenvalue weighted by molar-refractivity contribution is 9.10. The second-order valence-electron chi connectivity index (χ2n) is 3.29. The van der Waals surface area contributed by atoms with Gasteiger partial charge in [-0.25, -0.2) is 13.4 Å². The monoisotopic (exact) mass is 312 g/mol. The minimum Gasteiger partial charge on any atom is -0.278 e. The lowest BCUT2D eigenvalue weighted by Gasteiger charge is -2.07. The number of rotatable bonds is 3. The maximum Gasteiger partial charge on any atom is 0.261 e. The molecular formula is C11H9BrN2O2S. The van der Waals surface area contributed by atoms with Gasteiger partial charge in [-0.05, 0) is 40.2 Å². The fourth-order valence-corrected chi connectivity index (χ4v) is 2.55. The number of anilines is 1. The summed E-state index contributed by atoms with van der Waals surface area (Å²) < 4.78 is 27.0. The highest BCUT2D eigenvalue weighted by atomic mass is 79.9. The van der Waals surface area contributed by atoms with Crippen LogP contribution in [-0.4, -0.2) is 13.4 Å². The van der Waals surface area contributed by atoms with Gasteiger partial charge in [0, 0.05) is 0 Å². The zero-order chi connectivity index (χ0) is 12.3. The Morgan fingerprint density at radius 3 is 2.35 bits per heavy atom. The van der Waals surface area contributed by atoms with Crippen molar-refractivity contribution in [2.45, 2.75) is 4.90 Å². The molecule has 4 nitrogen and oxygen atoms in total. The van der Waals surface area contributed by atoms with E-state index in [1.54, 1.807) is 30.3 Å². The molecule has 0 saturated carbocycles. The first-order valence-corrected chi connectivity index (χ1v) is 7.05. The molecule has 0 atom stereocenters. The van der Waals surface area contributed by atoms with E-state index in [0.29, 0.717) is 10.3 Å². The summed E-state index contributed by atoms with van der Waals surface area (Å²) in [7, 11) is -3.53. The van der Waals surface area contributed by atoms with Gasteiger partial charge in [-0.15, -0.1) is 0 Å². The number of benzene rings is 1. The molecule has 0 unspecified atom stereocenters. The van der Waals surface area contributed by atoms with Gasteiger partial charge in [0.2, 0.25) is 0 Å². The molecule has 1 aromatic heterocycles. The van der Waals surface area contributed by atoms with Crippen molar-refractivity contribution in [3.8, 4) is 0 Å². The number of nitrogens with zero attached hydrogens (tertiary/aromatic N) is 1. The molecule has 0 amide bonds. The molecule has 0 aliphatic heterocycles. The second-order valence-corrected chi connectivity index (χ2v) is 5.78. The van der Waals surface area contributed by atoms with Crippen molar-refractivity contribution >= 4 is 31.6 Å². The Balaban J connectivity index is 2.27. The SMILES string of the molecule is O=S(=O)(Nc1ccc(Br)nc1)c1ccccc1. The third kappa shape index (κ3) is 3.04. The number of hydrogen-bond acceptors (Lipinski definition) is 3. The molecule has 6 heteroatoms. The van der Waals surface area contributed by atoms with Crippen LogP contribution in [0, 0.1) is 0 Å². The van der Waals surface area contributed by atoms with Crippen molar-refractivity contribution in [1.29, 1.82) is 0 Å². The molecule has 0 fully saturated rings. The maximum atomic E-state index is 11.9. The van der Waals surface area contributed by atoms with Crippen molar-refractivity contribution in [2.75, 3.05) is 4.72 Å². The van der Waals surface area contributed by atoms with Crippen molar-refractivity contribution in [2.24, 2.45) is 0 Å². The van der Waals surface area contributed by atoms with E-state index in [2.05, 4.69) is 25.6 Å². The van der Waals surface area contributed by atoms with Crippen molar-refractivity contribution in [3.63, 3.8) is 0 Å². The first kappa shape index (κ1) is 12.1. The molecule has 2 rings (SSSR count). The van der Waals surface area contributed by atoms with Crippen LogP contribution < -0.4 is 4.72 Å². The van der Waals surface area contributed by atoms with Gasteiger partial charge in [-0.2, -0.15) is 0 Å². The Labute approximate surface area is 108 Å². The summed E-state index contributed by atoms with van der Waals surface area (Å²) in [4.78, 5) is 4.17. The third-order valence-electron chi connectivity index (χ3n) is 2.03. The molecular weight excluding hydrogens is 304 g/mol. The van der Waals surface area contributed by atoms with Gasteiger partial charge >= 0.3 is 0 Å². The number of hydrogen-bond donors (Lipinski definition) is 1. The quantitative estimate of drug-likeness (QED) is 0.886. The molecule has 17 heavy (non-hydrogen) atoms. The van der Waals surface area contributed by atoms with Crippen LogP contribution in [0.3, 0.4) is 0 Å². The topological polar surface area (TPSA) is 59.1 Å². The summed E-state index contributed by atoms with van der Waals surface area (Å²) in [5.74, 6) is 0. The summed E-state index contributed by atoms with van der Waals surface area (Å²) in [6, 6.07) is 11.5. The van der Waals surface area contributed by atoms with Gasteiger partial charge in [0.15, 0.2) is 0 Å². The lowest BCUT2D eigenvalue weighted by molar-refractivity contribution is 0.601. The van der Waals surface area contributed by atoms with E-state index in [0.717, 1.165) is 0 Å². The number of pyridine rings is 1. The van der Waals surface area contributed by atoms with E-state index in [-0.39, 0.29) is 4.90 Å². The molecule has 1 aromatic carbocycles. The standard InChI is InChI=1S/C11H9BrN2O2S/c12-11-7-6-9(8-13-11)14-17(15,16)10-4-2-1-3-5-10/h1-8,14H. The zero-order valence-corrected chi connectivity index (χ0v) is 11.1. The lowest BCUT2D eigenvalue weighted by atomic mass is 10.4. The Morgan fingerprint density at radius 2 is 1.76 bits per heavy atom. The molecule has 88 valence electrons. The molecule has 0 aliphatic carbocycles. The fraction of sp³-hybridized carbons (Fsp3) is 0. The average Bonchev–Trinajstić information content (AvgIpc) is 2.33. The third-order valence-corrected chi connectivity index (χ3v) is 3.90. The second kappa shape index (κ2) is 4.85. The highest BCUT2D eigenvalue weighted by Crippen LogP contribution is 2.16. The van der Waals surface area contributed by atoms with Crippen LogP contribution >= 0.6 is 15.9 Å². The summed E-state index contributed by atoms with van der Waals surface area (Å²) in [6.45, 7) is 0. The molecule has 0 radical (unpaired) electrons. The van der Waals surface area contributed by atoms with E-state index in [4.69, 9.17) is 0 Å². The van der Waals surface area contributed by atoms with Gasteiger partial charge in [-0.3, -0.25) is 4.72 Å². The smallest absolute Gasteiger partial charge is 0.261 e. The van der Waals surface area contributed by atoms with Crippen LogP contribution in [0.2, 0.25) is 0 Å². The number of aromatic nitrogens is 1. The van der Waals surface area contributed by atoms with Crippen LogP contribution in [0.15, 0.2) is 58.2 Å². The first-order chi connectivity index (χ1) is 8.08. The van der Waals surface area contributed by atoms with Gasteiger partial charge < -0.3 is 0 Å².